The molecule has 6 heteroatoms. The number of amides is 1. The van der Waals surface area contributed by atoms with Gasteiger partial charge in [-0.25, -0.2) is 9.97 Å². The van der Waals surface area contributed by atoms with Crippen LogP contribution in [0.25, 0.3) is 0 Å². The zero-order valence-corrected chi connectivity index (χ0v) is 17.6. The lowest BCUT2D eigenvalue weighted by Crippen LogP contribution is -2.16. The van der Waals surface area contributed by atoms with E-state index in [1.165, 1.54) is 12.4 Å². The summed E-state index contributed by atoms with van der Waals surface area (Å²) in [5, 5.41) is 15.0. The maximum absolute atomic E-state index is 12.9. The minimum Gasteiger partial charge on any atom is -0.324 e. The Bertz CT molecular complexity index is 1040. The second kappa shape index (κ2) is 9.19. The van der Waals surface area contributed by atoms with Gasteiger partial charge in [-0.15, -0.1) is 0 Å². The molecule has 3 rings (SSSR count). The number of nitrogens with zero attached hydrogens (tertiary/aromatic N) is 3. The maximum Gasteiger partial charge on any atom is 0.258 e. The normalized spacial score (nSPS) is 10.7. The number of rotatable bonds is 6. The molecule has 2 aromatic carbocycles. The standard InChI is InChI=1S/C24H25N5O/c1-15(2)20-6-5-7-21(16(3)4)22(20)29-23(30)18-13-26-24(27-14-18)28-19-10-8-17(12-25)9-11-19/h5-11,13-16H,1-4H3,(H,29,30)(H,26,27,28). The van der Waals surface area contributed by atoms with E-state index in [9.17, 15) is 4.79 Å². The molecule has 0 spiro atoms. The summed E-state index contributed by atoms with van der Waals surface area (Å²) >= 11 is 0. The van der Waals surface area contributed by atoms with E-state index in [1.54, 1.807) is 24.3 Å². The summed E-state index contributed by atoms with van der Waals surface area (Å²) in [4.78, 5) is 21.4. The first-order valence-corrected chi connectivity index (χ1v) is 9.92. The third-order valence-corrected chi connectivity index (χ3v) is 4.80. The fourth-order valence-electron chi connectivity index (χ4n) is 3.15. The Morgan fingerprint density at radius 1 is 0.933 bits per heavy atom. The van der Waals surface area contributed by atoms with Crippen LogP contribution in [-0.2, 0) is 0 Å². The van der Waals surface area contributed by atoms with Crippen LogP contribution in [-0.4, -0.2) is 15.9 Å². The summed E-state index contributed by atoms with van der Waals surface area (Å²) in [6.45, 7) is 8.45. The zero-order valence-electron chi connectivity index (χ0n) is 17.6. The van der Waals surface area contributed by atoms with E-state index >= 15 is 0 Å². The number of carbonyl (C=O) groups excluding carboxylic acids is 1. The molecular weight excluding hydrogens is 374 g/mol. The molecule has 0 radical (unpaired) electrons. The molecule has 2 N–H and O–H groups in total. The molecule has 30 heavy (non-hydrogen) atoms. The summed E-state index contributed by atoms with van der Waals surface area (Å²) in [5.74, 6) is 0.708. The van der Waals surface area contributed by atoms with E-state index in [0.717, 1.165) is 22.5 Å². The van der Waals surface area contributed by atoms with Crippen molar-refractivity contribution >= 4 is 23.2 Å². The molecule has 0 aliphatic heterocycles. The third-order valence-electron chi connectivity index (χ3n) is 4.80. The predicted octanol–water partition coefficient (Wildman–Crippen LogP) is 5.59. The van der Waals surface area contributed by atoms with Crippen molar-refractivity contribution in [2.24, 2.45) is 0 Å². The summed E-state index contributed by atoms with van der Waals surface area (Å²) < 4.78 is 0. The van der Waals surface area contributed by atoms with Gasteiger partial charge in [0.25, 0.3) is 5.91 Å². The summed E-state index contributed by atoms with van der Waals surface area (Å²) in [6.07, 6.45) is 3.00. The highest BCUT2D eigenvalue weighted by molar-refractivity contribution is 6.04. The van der Waals surface area contributed by atoms with E-state index in [2.05, 4.69) is 54.4 Å². The number of benzene rings is 2. The molecule has 0 atom stereocenters. The molecule has 0 unspecified atom stereocenters. The fourth-order valence-corrected chi connectivity index (χ4v) is 3.15. The lowest BCUT2D eigenvalue weighted by Gasteiger charge is -2.20. The summed E-state index contributed by atoms with van der Waals surface area (Å²) in [6, 6.07) is 15.2. The maximum atomic E-state index is 12.9. The topological polar surface area (TPSA) is 90.7 Å². The van der Waals surface area contributed by atoms with E-state index in [-0.39, 0.29) is 17.7 Å². The van der Waals surface area contributed by atoms with Crippen molar-refractivity contribution in [1.29, 1.82) is 5.26 Å². The van der Waals surface area contributed by atoms with Gasteiger partial charge in [-0.05, 0) is 47.2 Å². The number of carbonyl (C=O) groups is 1. The summed E-state index contributed by atoms with van der Waals surface area (Å²) in [5.41, 5.74) is 4.81. The molecule has 1 heterocycles. The Hall–Kier alpha value is -3.72. The van der Waals surface area contributed by atoms with Gasteiger partial charge in [0.1, 0.15) is 0 Å². The minimum absolute atomic E-state index is 0.241. The largest absolute Gasteiger partial charge is 0.324 e. The number of nitrogens with one attached hydrogen (secondary N) is 2. The van der Waals surface area contributed by atoms with Crippen molar-refractivity contribution in [2.75, 3.05) is 10.6 Å². The first-order chi connectivity index (χ1) is 14.4. The Morgan fingerprint density at radius 3 is 2.00 bits per heavy atom. The number of anilines is 3. The average molecular weight is 399 g/mol. The Balaban J connectivity index is 1.77. The van der Waals surface area contributed by atoms with Crippen LogP contribution in [0.4, 0.5) is 17.3 Å². The molecule has 1 aromatic heterocycles. The van der Waals surface area contributed by atoms with Crippen LogP contribution in [0.15, 0.2) is 54.9 Å². The first kappa shape index (κ1) is 21.0. The van der Waals surface area contributed by atoms with Gasteiger partial charge in [0.15, 0.2) is 0 Å². The molecule has 152 valence electrons. The van der Waals surface area contributed by atoms with Gasteiger partial charge in [0, 0.05) is 23.8 Å². The quantitative estimate of drug-likeness (QED) is 0.564. The van der Waals surface area contributed by atoms with Crippen molar-refractivity contribution in [3.63, 3.8) is 0 Å². The lowest BCUT2D eigenvalue weighted by molar-refractivity contribution is 0.102. The van der Waals surface area contributed by atoms with Crippen molar-refractivity contribution in [2.45, 2.75) is 39.5 Å². The van der Waals surface area contributed by atoms with Crippen LogP contribution in [0.1, 0.15) is 66.6 Å². The average Bonchev–Trinajstić information content (AvgIpc) is 2.74. The first-order valence-electron chi connectivity index (χ1n) is 9.92. The Kier molecular flexibility index (Phi) is 6.43. The number of aromatic nitrogens is 2. The molecule has 1 amide bonds. The van der Waals surface area contributed by atoms with E-state index in [1.807, 2.05) is 18.2 Å². The van der Waals surface area contributed by atoms with Crippen molar-refractivity contribution < 1.29 is 4.79 Å². The number of nitriles is 1. The van der Waals surface area contributed by atoms with Gasteiger partial charge < -0.3 is 10.6 Å². The molecule has 0 saturated carbocycles. The van der Waals surface area contributed by atoms with Crippen LogP contribution >= 0.6 is 0 Å². The Labute approximate surface area is 177 Å². The van der Waals surface area contributed by atoms with Crippen LogP contribution in [0, 0.1) is 11.3 Å². The van der Waals surface area contributed by atoms with Gasteiger partial charge in [-0.3, -0.25) is 4.79 Å². The molecule has 0 aliphatic rings. The fraction of sp³-hybridized carbons (Fsp3) is 0.250. The van der Waals surface area contributed by atoms with Crippen molar-refractivity contribution in [1.82, 2.24) is 9.97 Å². The SMILES string of the molecule is CC(C)c1cccc(C(C)C)c1NC(=O)c1cnc(Nc2ccc(C#N)cc2)nc1. The molecule has 0 bridgehead atoms. The highest BCUT2D eigenvalue weighted by Crippen LogP contribution is 2.32. The molecule has 0 saturated heterocycles. The Morgan fingerprint density at radius 2 is 1.50 bits per heavy atom. The van der Waals surface area contributed by atoms with Crippen molar-refractivity contribution in [3.05, 3.63) is 77.1 Å². The summed E-state index contributed by atoms with van der Waals surface area (Å²) in [7, 11) is 0. The van der Waals surface area contributed by atoms with Gasteiger partial charge in [-0.1, -0.05) is 45.9 Å². The molecule has 0 fully saturated rings. The molecular formula is C24H25N5O. The van der Waals surface area contributed by atoms with Gasteiger partial charge >= 0.3 is 0 Å². The number of hydrogen-bond donors (Lipinski definition) is 2. The third kappa shape index (κ3) is 4.81. The second-order valence-corrected chi connectivity index (χ2v) is 7.68. The highest BCUT2D eigenvalue weighted by Gasteiger charge is 2.17. The van der Waals surface area contributed by atoms with Crippen LogP contribution in [0.5, 0.6) is 0 Å². The van der Waals surface area contributed by atoms with Gasteiger partial charge in [0.2, 0.25) is 5.95 Å². The second-order valence-electron chi connectivity index (χ2n) is 7.68. The van der Waals surface area contributed by atoms with Crippen molar-refractivity contribution in [3.8, 4) is 6.07 Å². The molecule has 0 aliphatic carbocycles. The minimum atomic E-state index is -0.241. The van der Waals surface area contributed by atoms with E-state index in [0.29, 0.717) is 17.1 Å². The monoisotopic (exact) mass is 399 g/mol. The van der Waals surface area contributed by atoms with Gasteiger partial charge in [0.05, 0.1) is 17.2 Å². The van der Waals surface area contributed by atoms with Gasteiger partial charge in [-0.2, -0.15) is 5.26 Å². The smallest absolute Gasteiger partial charge is 0.258 e. The predicted molar refractivity (Wildman–Crippen MR) is 119 cm³/mol. The van der Waals surface area contributed by atoms with Crippen LogP contribution < -0.4 is 10.6 Å². The van der Waals surface area contributed by atoms with E-state index in [4.69, 9.17) is 5.26 Å². The van der Waals surface area contributed by atoms with Crippen LogP contribution in [0.3, 0.4) is 0 Å². The molecule has 3 aromatic rings. The number of para-hydroxylation sites is 1. The lowest BCUT2D eigenvalue weighted by atomic mass is 9.92. The highest BCUT2D eigenvalue weighted by atomic mass is 16.1. The number of hydrogen-bond acceptors (Lipinski definition) is 5. The zero-order chi connectivity index (χ0) is 21.7. The van der Waals surface area contributed by atoms with Crippen LogP contribution in [0.2, 0.25) is 0 Å². The van der Waals surface area contributed by atoms with E-state index < -0.39 is 0 Å². The molecule has 6 nitrogen and oxygen atoms in total.